The van der Waals surface area contributed by atoms with E-state index in [9.17, 15) is 4.79 Å². The minimum atomic E-state index is 0.253. The summed E-state index contributed by atoms with van der Waals surface area (Å²) in [6, 6.07) is 1.75. The Kier molecular flexibility index (Phi) is 4.54. The lowest BCUT2D eigenvalue weighted by molar-refractivity contribution is -0.127. The van der Waals surface area contributed by atoms with E-state index in [0.29, 0.717) is 36.2 Å². The zero-order chi connectivity index (χ0) is 17.8. The summed E-state index contributed by atoms with van der Waals surface area (Å²) in [5.74, 6) is 2.11. The molecule has 4 heterocycles. The van der Waals surface area contributed by atoms with Crippen LogP contribution in [-0.4, -0.2) is 60.3 Å². The molecule has 10 nitrogen and oxygen atoms in total. The number of aromatic amines is 1. The summed E-state index contributed by atoms with van der Waals surface area (Å²) in [5, 5.41) is 6.36. The first-order chi connectivity index (χ1) is 12.8. The lowest BCUT2D eigenvalue weighted by atomic mass is 10.3. The monoisotopic (exact) mass is 353 g/mol. The Bertz CT molecular complexity index is 895. The number of nitrogens with one attached hydrogen (secondary N) is 3. The number of likely N-dealkylation sites (tertiary alicyclic amines) is 1. The van der Waals surface area contributed by atoms with Gasteiger partial charge in [0, 0.05) is 32.3 Å². The van der Waals surface area contributed by atoms with Gasteiger partial charge in [0.25, 0.3) is 0 Å². The first-order valence-electron chi connectivity index (χ1n) is 8.55. The van der Waals surface area contributed by atoms with Crippen molar-refractivity contribution in [3.05, 3.63) is 24.9 Å². The largest absolute Gasteiger partial charge is 0.368 e. The Labute approximate surface area is 149 Å². The molecule has 26 heavy (non-hydrogen) atoms. The van der Waals surface area contributed by atoms with Crippen molar-refractivity contribution in [3.63, 3.8) is 0 Å². The van der Waals surface area contributed by atoms with E-state index in [0.717, 1.165) is 31.4 Å². The molecule has 3 N–H and O–H groups in total. The van der Waals surface area contributed by atoms with E-state index < -0.39 is 0 Å². The summed E-state index contributed by atoms with van der Waals surface area (Å²) in [7, 11) is 0. The maximum Gasteiger partial charge on any atom is 0.222 e. The van der Waals surface area contributed by atoms with Gasteiger partial charge < -0.3 is 20.5 Å². The van der Waals surface area contributed by atoms with Crippen molar-refractivity contribution in [3.8, 4) is 0 Å². The summed E-state index contributed by atoms with van der Waals surface area (Å²) in [6.07, 6.45) is 7.09. The van der Waals surface area contributed by atoms with Gasteiger partial charge in [-0.3, -0.25) is 4.79 Å². The molecule has 1 aliphatic heterocycles. The van der Waals surface area contributed by atoms with E-state index in [1.165, 1.54) is 12.7 Å². The third-order valence-corrected chi connectivity index (χ3v) is 4.19. The number of rotatable bonds is 7. The van der Waals surface area contributed by atoms with Crippen molar-refractivity contribution in [2.24, 2.45) is 0 Å². The first-order valence-corrected chi connectivity index (χ1v) is 8.55. The smallest absolute Gasteiger partial charge is 0.222 e. The predicted molar refractivity (Wildman–Crippen MR) is 95.9 cm³/mol. The molecular weight excluding hydrogens is 334 g/mol. The molecule has 0 spiro atoms. The Balaban J connectivity index is 1.40. The fourth-order valence-electron chi connectivity index (χ4n) is 2.92. The van der Waals surface area contributed by atoms with Gasteiger partial charge in [-0.25, -0.2) is 19.9 Å². The highest BCUT2D eigenvalue weighted by Crippen LogP contribution is 2.20. The van der Waals surface area contributed by atoms with Crippen LogP contribution >= 0.6 is 0 Å². The SMILES string of the molecule is O=C1CCCN1CCCNc1ncnc2nc(Nc3ccncn3)[nH]c12. The molecular formula is C16H19N9O. The summed E-state index contributed by atoms with van der Waals surface area (Å²) >= 11 is 0. The first kappa shape index (κ1) is 16.2. The second-order valence-corrected chi connectivity index (χ2v) is 5.99. The number of fused-ring (bicyclic) bond motifs is 1. The molecule has 0 saturated carbocycles. The van der Waals surface area contributed by atoms with Crippen LogP contribution in [0.5, 0.6) is 0 Å². The second-order valence-electron chi connectivity index (χ2n) is 5.99. The second kappa shape index (κ2) is 7.30. The molecule has 0 radical (unpaired) electrons. The normalized spacial score (nSPS) is 14.2. The topological polar surface area (TPSA) is 125 Å². The lowest BCUT2D eigenvalue weighted by Gasteiger charge is -2.15. The predicted octanol–water partition coefficient (Wildman–Crippen LogP) is 1.31. The van der Waals surface area contributed by atoms with E-state index in [1.54, 1.807) is 12.3 Å². The molecule has 1 saturated heterocycles. The standard InChI is InChI=1S/C16H19N9O/c26-12-3-1-7-25(12)8-2-5-18-14-13-15(21-10-20-14)24-16(23-13)22-11-4-6-17-9-19-11/h4,6,9-10H,1-3,5,7-8H2,(H3,17,18,19,20,21,22,23,24). The Morgan fingerprint density at radius 2 is 2.19 bits per heavy atom. The van der Waals surface area contributed by atoms with E-state index in [-0.39, 0.29) is 5.91 Å². The summed E-state index contributed by atoms with van der Waals surface area (Å²) < 4.78 is 0. The van der Waals surface area contributed by atoms with Gasteiger partial charge in [-0.2, -0.15) is 4.98 Å². The maximum absolute atomic E-state index is 11.6. The van der Waals surface area contributed by atoms with Crippen LogP contribution in [-0.2, 0) is 4.79 Å². The van der Waals surface area contributed by atoms with Gasteiger partial charge in [-0.05, 0) is 18.9 Å². The number of carbonyl (C=O) groups is 1. The number of nitrogens with zero attached hydrogens (tertiary/aromatic N) is 6. The van der Waals surface area contributed by atoms with Crippen LogP contribution < -0.4 is 10.6 Å². The molecule has 0 bridgehead atoms. The number of hydrogen-bond donors (Lipinski definition) is 3. The van der Waals surface area contributed by atoms with E-state index in [4.69, 9.17) is 0 Å². The van der Waals surface area contributed by atoms with Gasteiger partial charge in [0.15, 0.2) is 11.5 Å². The van der Waals surface area contributed by atoms with Gasteiger partial charge >= 0.3 is 0 Å². The Morgan fingerprint density at radius 1 is 1.23 bits per heavy atom. The third-order valence-electron chi connectivity index (χ3n) is 4.19. The van der Waals surface area contributed by atoms with Crippen LogP contribution in [0.1, 0.15) is 19.3 Å². The van der Waals surface area contributed by atoms with Gasteiger partial charge in [-0.15, -0.1) is 0 Å². The summed E-state index contributed by atoms with van der Waals surface area (Å²) in [4.78, 5) is 37.6. The molecule has 1 fully saturated rings. The number of imidazole rings is 1. The molecule has 134 valence electrons. The quantitative estimate of drug-likeness (QED) is 0.543. The maximum atomic E-state index is 11.6. The van der Waals surface area contributed by atoms with Gasteiger partial charge in [-0.1, -0.05) is 0 Å². The van der Waals surface area contributed by atoms with Crippen LogP contribution in [0, 0.1) is 0 Å². The fraction of sp³-hybridized carbons (Fsp3) is 0.375. The Hall–Kier alpha value is -3.30. The lowest BCUT2D eigenvalue weighted by Crippen LogP contribution is -2.27. The minimum Gasteiger partial charge on any atom is -0.368 e. The molecule has 0 unspecified atom stereocenters. The number of anilines is 3. The van der Waals surface area contributed by atoms with Crippen molar-refractivity contribution in [2.45, 2.75) is 19.3 Å². The van der Waals surface area contributed by atoms with Crippen LogP contribution in [0.3, 0.4) is 0 Å². The molecule has 0 atom stereocenters. The zero-order valence-corrected chi connectivity index (χ0v) is 14.1. The molecule has 3 aromatic rings. The zero-order valence-electron chi connectivity index (χ0n) is 14.1. The van der Waals surface area contributed by atoms with E-state index in [2.05, 4.69) is 40.5 Å². The number of amides is 1. The van der Waals surface area contributed by atoms with Gasteiger partial charge in [0.2, 0.25) is 11.9 Å². The molecule has 3 aromatic heterocycles. The van der Waals surface area contributed by atoms with E-state index in [1.807, 2.05) is 4.90 Å². The fourth-order valence-corrected chi connectivity index (χ4v) is 2.92. The van der Waals surface area contributed by atoms with Crippen LogP contribution in [0.15, 0.2) is 24.9 Å². The van der Waals surface area contributed by atoms with Crippen molar-refractivity contribution in [1.29, 1.82) is 0 Å². The highest BCUT2D eigenvalue weighted by molar-refractivity contribution is 5.84. The molecule has 0 aromatic carbocycles. The van der Waals surface area contributed by atoms with Crippen molar-refractivity contribution in [2.75, 3.05) is 30.3 Å². The highest BCUT2D eigenvalue weighted by Gasteiger charge is 2.19. The van der Waals surface area contributed by atoms with E-state index >= 15 is 0 Å². The molecule has 1 aliphatic rings. The van der Waals surface area contributed by atoms with Crippen molar-refractivity contribution >= 4 is 34.7 Å². The molecule has 4 rings (SSSR count). The summed E-state index contributed by atoms with van der Waals surface area (Å²) in [5.41, 5.74) is 1.29. The minimum absolute atomic E-state index is 0.253. The highest BCUT2D eigenvalue weighted by atomic mass is 16.2. The van der Waals surface area contributed by atoms with Crippen molar-refractivity contribution in [1.82, 2.24) is 34.8 Å². The van der Waals surface area contributed by atoms with Gasteiger partial charge in [0.1, 0.15) is 24.0 Å². The average molecular weight is 353 g/mol. The molecule has 1 amide bonds. The van der Waals surface area contributed by atoms with Crippen LogP contribution in [0.25, 0.3) is 11.2 Å². The number of H-pyrrole nitrogens is 1. The van der Waals surface area contributed by atoms with Gasteiger partial charge in [0.05, 0.1) is 0 Å². The van der Waals surface area contributed by atoms with Crippen molar-refractivity contribution < 1.29 is 4.79 Å². The average Bonchev–Trinajstić information content (AvgIpc) is 3.25. The summed E-state index contributed by atoms with van der Waals surface area (Å²) in [6.45, 7) is 2.35. The number of hydrogen-bond acceptors (Lipinski definition) is 8. The Morgan fingerprint density at radius 3 is 3.00 bits per heavy atom. The number of aromatic nitrogens is 6. The van der Waals surface area contributed by atoms with Crippen LogP contribution in [0.2, 0.25) is 0 Å². The number of carbonyl (C=O) groups excluding carboxylic acids is 1. The molecule has 10 heteroatoms. The van der Waals surface area contributed by atoms with Crippen LogP contribution in [0.4, 0.5) is 17.6 Å². The molecule has 0 aliphatic carbocycles. The third kappa shape index (κ3) is 3.53.